The molecular formula is C13H17IN2O5. The fraction of sp³-hybridized carbons (Fsp3) is 0.615. The topological polar surface area (TPSA) is 93.1 Å². The average molecular weight is 408 g/mol. The third-order valence-corrected chi connectivity index (χ3v) is 4.18. The van der Waals surface area contributed by atoms with Crippen LogP contribution >= 0.6 is 22.6 Å². The Kier molecular flexibility index (Phi) is 4.62. The molecule has 0 aromatic carbocycles. The van der Waals surface area contributed by atoms with E-state index in [1.807, 2.05) is 6.07 Å². The van der Waals surface area contributed by atoms with Crippen LogP contribution in [-0.4, -0.2) is 58.7 Å². The standard InChI is InChI=1S/C13H17IN2O5/c1-6-19-5-8-12(20-6)10(17)11(18)13(21-8)16-9-3-2-7(14)4-15-9/h2-4,6,8,10-13,17-18H,5H2,1H3,(H,15,16)/t6?,8-,10-,11-,12-,13-/m1/s1. The van der Waals surface area contributed by atoms with Gasteiger partial charge < -0.3 is 29.7 Å². The lowest BCUT2D eigenvalue weighted by atomic mass is 9.97. The number of ether oxygens (including phenoxy) is 3. The maximum absolute atomic E-state index is 10.2. The Bertz CT molecular complexity index is 486. The molecule has 0 bridgehead atoms. The van der Waals surface area contributed by atoms with Crippen LogP contribution in [0.25, 0.3) is 0 Å². The van der Waals surface area contributed by atoms with Gasteiger partial charge in [-0.05, 0) is 41.6 Å². The number of nitrogens with zero attached hydrogens (tertiary/aromatic N) is 1. The van der Waals surface area contributed by atoms with E-state index < -0.39 is 36.9 Å². The zero-order valence-corrected chi connectivity index (χ0v) is 13.5. The van der Waals surface area contributed by atoms with E-state index in [-0.39, 0.29) is 0 Å². The van der Waals surface area contributed by atoms with E-state index in [0.29, 0.717) is 12.4 Å². The molecule has 3 N–H and O–H groups in total. The van der Waals surface area contributed by atoms with Crippen molar-refractivity contribution in [1.29, 1.82) is 0 Å². The van der Waals surface area contributed by atoms with Crippen LogP contribution in [0.4, 0.5) is 5.82 Å². The Morgan fingerprint density at radius 2 is 2.10 bits per heavy atom. The van der Waals surface area contributed by atoms with Crippen molar-refractivity contribution in [3.05, 3.63) is 21.9 Å². The third kappa shape index (κ3) is 3.30. The van der Waals surface area contributed by atoms with Crippen LogP contribution in [0.3, 0.4) is 0 Å². The average Bonchev–Trinajstić information content (AvgIpc) is 2.47. The van der Waals surface area contributed by atoms with Gasteiger partial charge in [-0.1, -0.05) is 0 Å². The molecule has 0 amide bonds. The van der Waals surface area contributed by atoms with Crippen LogP contribution in [0.1, 0.15) is 6.92 Å². The van der Waals surface area contributed by atoms with Gasteiger partial charge in [0.15, 0.2) is 12.5 Å². The van der Waals surface area contributed by atoms with Crippen molar-refractivity contribution in [2.45, 2.75) is 43.9 Å². The van der Waals surface area contributed by atoms with Crippen molar-refractivity contribution < 1.29 is 24.4 Å². The minimum Gasteiger partial charge on any atom is -0.387 e. The molecule has 3 rings (SSSR count). The van der Waals surface area contributed by atoms with Gasteiger partial charge in [0.05, 0.1) is 6.61 Å². The molecule has 1 aromatic rings. The normalized spacial score (nSPS) is 39.6. The van der Waals surface area contributed by atoms with Gasteiger partial charge in [-0.3, -0.25) is 0 Å². The molecule has 0 radical (unpaired) electrons. The molecule has 8 heteroatoms. The monoisotopic (exact) mass is 408 g/mol. The summed E-state index contributed by atoms with van der Waals surface area (Å²) in [6.07, 6.45) is -2.67. The molecule has 0 aliphatic carbocycles. The minimum atomic E-state index is -1.11. The van der Waals surface area contributed by atoms with Crippen LogP contribution in [0, 0.1) is 3.57 Å². The number of rotatable bonds is 2. The second-order valence-electron chi connectivity index (χ2n) is 5.08. The first kappa shape index (κ1) is 15.4. The molecule has 116 valence electrons. The van der Waals surface area contributed by atoms with Crippen LogP contribution in [-0.2, 0) is 14.2 Å². The van der Waals surface area contributed by atoms with Gasteiger partial charge in [-0.2, -0.15) is 0 Å². The summed E-state index contributed by atoms with van der Waals surface area (Å²) in [5, 5.41) is 23.4. The van der Waals surface area contributed by atoms with E-state index in [1.54, 1.807) is 19.2 Å². The molecule has 0 saturated carbocycles. The molecule has 0 spiro atoms. The van der Waals surface area contributed by atoms with Crippen molar-refractivity contribution in [3.8, 4) is 0 Å². The number of nitrogens with one attached hydrogen (secondary N) is 1. The van der Waals surface area contributed by atoms with Crippen molar-refractivity contribution >= 4 is 28.4 Å². The highest BCUT2D eigenvalue weighted by Crippen LogP contribution is 2.28. The summed E-state index contributed by atoms with van der Waals surface area (Å²) >= 11 is 2.16. The first-order chi connectivity index (χ1) is 10.0. The number of aromatic nitrogens is 1. The Labute approximate surface area is 135 Å². The van der Waals surface area contributed by atoms with E-state index >= 15 is 0 Å². The molecule has 2 fully saturated rings. The van der Waals surface area contributed by atoms with Gasteiger partial charge in [0.2, 0.25) is 0 Å². The number of hydrogen-bond donors (Lipinski definition) is 3. The molecule has 1 aromatic heterocycles. The molecule has 21 heavy (non-hydrogen) atoms. The van der Waals surface area contributed by atoms with Gasteiger partial charge in [0.1, 0.15) is 30.2 Å². The fourth-order valence-corrected chi connectivity index (χ4v) is 2.78. The van der Waals surface area contributed by atoms with Crippen molar-refractivity contribution in [2.75, 3.05) is 11.9 Å². The van der Waals surface area contributed by atoms with Gasteiger partial charge >= 0.3 is 0 Å². The smallest absolute Gasteiger partial charge is 0.158 e. The lowest BCUT2D eigenvalue weighted by Crippen LogP contribution is -2.64. The lowest BCUT2D eigenvalue weighted by molar-refractivity contribution is -0.317. The zero-order valence-electron chi connectivity index (χ0n) is 11.3. The number of hydrogen-bond acceptors (Lipinski definition) is 7. The molecule has 1 unspecified atom stereocenters. The summed E-state index contributed by atoms with van der Waals surface area (Å²) < 4.78 is 17.6. The molecule has 7 nitrogen and oxygen atoms in total. The SMILES string of the molecule is CC1OC[C@H]2O[C@@H](Nc3ccc(I)cn3)[C@H](O)[C@@H](O)[C@@H]2O1. The first-order valence-electron chi connectivity index (χ1n) is 6.71. The van der Waals surface area contributed by atoms with Crippen LogP contribution in [0.5, 0.6) is 0 Å². The predicted octanol–water partition coefficient (Wildman–Crippen LogP) is 0.306. The first-order valence-corrected chi connectivity index (χ1v) is 7.79. The van der Waals surface area contributed by atoms with Crippen molar-refractivity contribution in [3.63, 3.8) is 0 Å². The summed E-state index contributed by atoms with van der Waals surface area (Å²) in [6.45, 7) is 2.06. The molecule has 2 aliphatic heterocycles. The van der Waals surface area contributed by atoms with Crippen LogP contribution in [0.2, 0.25) is 0 Å². The number of halogens is 1. The fourth-order valence-electron chi connectivity index (χ4n) is 2.46. The highest BCUT2D eigenvalue weighted by atomic mass is 127. The summed E-state index contributed by atoms with van der Waals surface area (Å²) in [5.41, 5.74) is 0. The molecule has 2 aliphatic rings. The Balaban J connectivity index is 1.70. The van der Waals surface area contributed by atoms with E-state index in [0.717, 1.165) is 3.57 Å². The number of anilines is 1. The summed E-state index contributed by atoms with van der Waals surface area (Å²) in [5.74, 6) is 0.566. The maximum atomic E-state index is 10.2. The van der Waals surface area contributed by atoms with Crippen molar-refractivity contribution in [2.24, 2.45) is 0 Å². The van der Waals surface area contributed by atoms with Crippen LogP contribution < -0.4 is 5.32 Å². The minimum absolute atomic E-state index is 0.313. The van der Waals surface area contributed by atoms with Crippen molar-refractivity contribution in [1.82, 2.24) is 4.98 Å². The van der Waals surface area contributed by atoms with Crippen LogP contribution in [0.15, 0.2) is 18.3 Å². The number of fused-ring (bicyclic) bond motifs is 1. The third-order valence-electron chi connectivity index (χ3n) is 3.55. The molecule has 6 atom stereocenters. The maximum Gasteiger partial charge on any atom is 0.158 e. The second-order valence-corrected chi connectivity index (χ2v) is 6.33. The number of pyridine rings is 1. The van der Waals surface area contributed by atoms with Gasteiger partial charge in [-0.25, -0.2) is 4.98 Å². The van der Waals surface area contributed by atoms with E-state index in [1.165, 1.54) is 0 Å². The Hall–Kier alpha value is -0.520. The number of aliphatic hydroxyl groups is 2. The second kappa shape index (κ2) is 6.31. The number of aliphatic hydroxyl groups excluding tert-OH is 2. The highest BCUT2D eigenvalue weighted by Gasteiger charge is 2.48. The molecular weight excluding hydrogens is 391 g/mol. The quantitative estimate of drug-likeness (QED) is 0.607. The van der Waals surface area contributed by atoms with Gasteiger partial charge in [-0.15, -0.1) is 0 Å². The molecule has 3 heterocycles. The Morgan fingerprint density at radius 1 is 1.29 bits per heavy atom. The summed E-state index contributed by atoms with van der Waals surface area (Å²) in [4.78, 5) is 4.19. The molecule has 2 saturated heterocycles. The Morgan fingerprint density at radius 3 is 2.81 bits per heavy atom. The lowest BCUT2D eigenvalue weighted by Gasteiger charge is -2.46. The summed E-state index contributed by atoms with van der Waals surface area (Å²) in [6, 6.07) is 3.67. The van der Waals surface area contributed by atoms with Gasteiger partial charge in [0.25, 0.3) is 0 Å². The highest BCUT2D eigenvalue weighted by molar-refractivity contribution is 14.1. The van der Waals surface area contributed by atoms with E-state index in [9.17, 15) is 10.2 Å². The van der Waals surface area contributed by atoms with E-state index in [4.69, 9.17) is 14.2 Å². The predicted molar refractivity (Wildman–Crippen MR) is 81.5 cm³/mol. The zero-order chi connectivity index (χ0) is 15.0. The largest absolute Gasteiger partial charge is 0.387 e. The van der Waals surface area contributed by atoms with E-state index in [2.05, 4.69) is 32.9 Å². The summed E-state index contributed by atoms with van der Waals surface area (Å²) in [7, 11) is 0. The van der Waals surface area contributed by atoms with Gasteiger partial charge in [0, 0.05) is 9.77 Å².